The molecule has 1 N–H and O–H groups in total. The Morgan fingerprint density at radius 1 is 1.19 bits per heavy atom. The Bertz CT molecular complexity index is 525. The van der Waals surface area contributed by atoms with Crippen molar-refractivity contribution in [3.63, 3.8) is 0 Å². The summed E-state index contributed by atoms with van der Waals surface area (Å²) >= 11 is 0. The molecule has 4 heteroatoms. The molecule has 114 valence electrons. The number of furan rings is 1. The molecule has 1 aromatic heterocycles. The van der Waals surface area contributed by atoms with Crippen LogP contribution in [-0.4, -0.2) is 13.2 Å². The Balaban J connectivity index is 1.92. The smallest absolute Gasteiger partial charge is 0.123 e. The van der Waals surface area contributed by atoms with Crippen LogP contribution in [0.15, 0.2) is 47.1 Å². The molecule has 0 saturated heterocycles. The summed E-state index contributed by atoms with van der Waals surface area (Å²) < 4.78 is 24.3. The van der Waals surface area contributed by atoms with Crippen molar-refractivity contribution < 1.29 is 13.5 Å². The van der Waals surface area contributed by atoms with Crippen LogP contribution in [0.5, 0.6) is 0 Å². The van der Waals surface area contributed by atoms with E-state index in [1.165, 1.54) is 12.1 Å². The monoisotopic (exact) mass is 291 g/mol. The average molecular weight is 291 g/mol. The third-order valence-electron chi connectivity index (χ3n) is 3.06. The third kappa shape index (κ3) is 5.33. The number of benzene rings is 1. The van der Waals surface area contributed by atoms with Crippen molar-refractivity contribution in [3.8, 4) is 0 Å². The molecule has 3 nitrogen and oxygen atoms in total. The van der Waals surface area contributed by atoms with Crippen LogP contribution in [0.1, 0.15) is 31.2 Å². The second-order valence-electron chi connectivity index (χ2n) is 5.51. The molecule has 0 aliphatic carbocycles. The molecule has 2 aromatic rings. The third-order valence-corrected chi connectivity index (χ3v) is 3.06. The van der Waals surface area contributed by atoms with Gasteiger partial charge < -0.3 is 14.5 Å². The second-order valence-corrected chi connectivity index (χ2v) is 5.51. The van der Waals surface area contributed by atoms with Crippen LogP contribution in [0.25, 0.3) is 0 Å². The lowest BCUT2D eigenvalue weighted by molar-refractivity contribution is 0.0844. The molecule has 0 bridgehead atoms. The van der Waals surface area contributed by atoms with Crippen LogP contribution >= 0.6 is 0 Å². The molecule has 1 heterocycles. The van der Waals surface area contributed by atoms with Gasteiger partial charge in [-0.1, -0.05) is 26.0 Å². The van der Waals surface area contributed by atoms with Gasteiger partial charge in [-0.3, -0.25) is 0 Å². The molecule has 0 fully saturated rings. The quantitative estimate of drug-likeness (QED) is 0.800. The number of hydrogen-bond donors (Lipinski definition) is 1. The highest BCUT2D eigenvalue weighted by molar-refractivity contribution is 5.16. The Hall–Kier alpha value is -1.65. The second kappa shape index (κ2) is 7.96. The van der Waals surface area contributed by atoms with Gasteiger partial charge in [0, 0.05) is 13.2 Å². The fourth-order valence-corrected chi connectivity index (χ4v) is 2.04. The first-order valence-electron chi connectivity index (χ1n) is 7.24. The zero-order valence-electron chi connectivity index (χ0n) is 12.5. The van der Waals surface area contributed by atoms with Crippen molar-refractivity contribution in [2.75, 3.05) is 13.2 Å². The van der Waals surface area contributed by atoms with Gasteiger partial charge >= 0.3 is 0 Å². The number of halogens is 1. The van der Waals surface area contributed by atoms with E-state index in [1.807, 2.05) is 18.2 Å². The first-order valence-corrected chi connectivity index (χ1v) is 7.24. The minimum absolute atomic E-state index is 0.0398. The zero-order chi connectivity index (χ0) is 15.1. The van der Waals surface area contributed by atoms with Gasteiger partial charge in [-0.05, 0) is 35.7 Å². The average Bonchev–Trinajstić information content (AvgIpc) is 2.96. The molecular weight excluding hydrogens is 269 g/mol. The summed E-state index contributed by atoms with van der Waals surface area (Å²) in [4.78, 5) is 0. The number of ether oxygens (including phenoxy) is 1. The highest BCUT2D eigenvalue weighted by atomic mass is 19.1. The topological polar surface area (TPSA) is 34.4 Å². The minimum Gasteiger partial charge on any atom is -0.468 e. The molecule has 1 atom stereocenters. The van der Waals surface area contributed by atoms with E-state index in [1.54, 1.807) is 12.3 Å². The molecule has 0 aliphatic heterocycles. The number of nitrogens with one attached hydrogen (secondary N) is 1. The molecule has 0 saturated carbocycles. The van der Waals surface area contributed by atoms with E-state index in [9.17, 15) is 4.39 Å². The summed E-state index contributed by atoms with van der Waals surface area (Å²) in [5.41, 5.74) is 0.899. The van der Waals surface area contributed by atoms with Gasteiger partial charge in [0.05, 0.1) is 18.9 Å². The first-order chi connectivity index (χ1) is 10.1. The predicted octanol–water partition coefficient (Wildman–Crippen LogP) is 3.92. The Kier molecular flexibility index (Phi) is 5.96. The normalized spacial score (nSPS) is 12.8. The fraction of sp³-hybridized carbons (Fsp3) is 0.412. The number of rotatable bonds is 8. The summed E-state index contributed by atoms with van der Waals surface area (Å²) in [7, 11) is 0. The highest BCUT2D eigenvalue weighted by Crippen LogP contribution is 2.15. The molecule has 0 radical (unpaired) electrons. The van der Waals surface area contributed by atoms with Crippen LogP contribution in [0, 0.1) is 11.7 Å². The van der Waals surface area contributed by atoms with E-state index in [2.05, 4.69) is 19.2 Å². The fourth-order valence-electron chi connectivity index (χ4n) is 2.04. The van der Waals surface area contributed by atoms with Gasteiger partial charge in [-0.2, -0.15) is 0 Å². The molecule has 21 heavy (non-hydrogen) atoms. The highest BCUT2D eigenvalue weighted by Gasteiger charge is 2.14. The molecule has 0 spiro atoms. The van der Waals surface area contributed by atoms with Gasteiger partial charge in [0.1, 0.15) is 11.6 Å². The summed E-state index contributed by atoms with van der Waals surface area (Å²) in [5, 5.41) is 3.35. The molecule has 0 aliphatic rings. The van der Waals surface area contributed by atoms with Crippen LogP contribution in [-0.2, 0) is 11.3 Å². The van der Waals surface area contributed by atoms with E-state index >= 15 is 0 Å². The van der Waals surface area contributed by atoms with Crippen molar-refractivity contribution in [3.05, 3.63) is 59.8 Å². The lowest BCUT2D eigenvalue weighted by Crippen LogP contribution is -2.25. The van der Waals surface area contributed by atoms with E-state index in [-0.39, 0.29) is 11.9 Å². The summed E-state index contributed by atoms with van der Waals surface area (Å²) in [6.45, 7) is 6.03. The molecule has 0 amide bonds. The van der Waals surface area contributed by atoms with E-state index < -0.39 is 0 Å². The van der Waals surface area contributed by atoms with E-state index in [4.69, 9.17) is 9.15 Å². The van der Waals surface area contributed by atoms with Crippen LogP contribution < -0.4 is 5.32 Å². The van der Waals surface area contributed by atoms with Crippen molar-refractivity contribution >= 4 is 0 Å². The summed E-state index contributed by atoms with van der Waals surface area (Å²) in [6, 6.07) is 10.3. The Labute approximate surface area is 125 Å². The summed E-state index contributed by atoms with van der Waals surface area (Å²) in [5.74, 6) is 1.10. The molecule has 1 aromatic carbocycles. The Morgan fingerprint density at radius 3 is 2.71 bits per heavy atom. The largest absolute Gasteiger partial charge is 0.468 e. The number of hydrogen-bond acceptors (Lipinski definition) is 3. The molecular formula is C17H22FNO2. The lowest BCUT2D eigenvalue weighted by atomic mass is 10.2. The van der Waals surface area contributed by atoms with Crippen molar-refractivity contribution in [2.24, 2.45) is 5.92 Å². The SMILES string of the molecule is CC(C)COCC(NCc1cccc(F)c1)c1ccco1. The van der Waals surface area contributed by atoms with E-state index in [0.29, 0.717) is 25.7 Å². The zero-order valence-corrected chi connectivity index (χ0v) is 12.5. The van der Waals surface area contributed by atoms with Crippen molar-refractivity contribution in [1.82, 2.24) is 5.32 Å². The lowest BCUT2D eigenvalue weighted by Gasteiger charge is -2.18. The first kappa shape index (κ1) is 15.7. The maximum absolute atomic E-state index is 13.2. The van der Waals surface area contributed by atoms with E-state index in [0.717, 1.165) is 11.3 Å². The maximum atomic E-state index is 13.2. The van der Waals surface area contributed by atoms with Gasteiger partial charge in [-0.25, -0.2) is 4.39 Å². The van der Waals surface area contributed by atoms with Gasteiger partial charge in [-0.15, -0.1) is 0 Å². The Morgan fingerprint density at radius 2 is 2.05 bits per heavy atom. The molecule has 2 rings (SSSR count). The van der Waals surface area contributed by atoms with Crippen molar-refractivity contribution in [2.45, 2.75) is 26.4 Å². The van der Waals surface area contributed by atoms with Gasteiger partial charge in [0.15, 0.2) is 0 Å². The van der Waals surface area contributed by atoms with Crippen LogP contribution in [0.4, 0.5) is 4.39 Å². The van der Waals surface area contributed by atoms with Gasteiger partial charge in [0.25, 0.3) is 0 Å². The van der Waals surface area contributed by atoms with Gasteiger partial charge in [0.2, 0.25) is 0 Å². The van der Waals surface area contributed by atoms with Crippen LogP contribution in [0.3, 0.4) is 0 Å². The standard InChI is InChI=1S/C17H22FNO2/c1-13(2)11-20-12-16(17-7-4-8-21-17)19-10-14-5-3-6-15(18)9-14/h3-9,13,16,19H,10-12H2,1-2H3. The van der Waals surface area contributed by atoms with Crippen LogP contribution in [0.2, 0.25) is 0 Å². The van der Waals surface area contributed by atoms with Crippen molar-refractivity contribution in [1.29, 1.82) is 0 Å². The minimum atomic E-state index is -0.222. The predicted molar refractivity (Wildman–Crippen MR) is 80.3 cm³/mol. The summed E-state index contributed by atoms with van der Waals surface area (Å²) in [6.07, 6.45) is 1.65. The molecule has 1 unspecified atom stereocenters. The maximum Gasteiger partial charge on any atom is 0.123 e.